The number of aryl methyl sites for hydroxylation is 2. The highest BCUT2D eigenvalue weighted by Crippen LogP contribution is 2.04. The monoisotopic (exact) mass is 235 g/mol. The van der Waals surface area contributed by atoms with Gasteiger partial charge in [-0.25, -0.2) is 4.52 Å². The zero-order chi connectivity index (χ0) is 12.4. The van der Waals surface area contributed by atoms with Crippen molar-refractivity contribution in [3.8, 4) is 0 Å². The summed E-state index contributed by atoms with van der Waals surface area (Å²) in [4.78, 5) is 24.8. The van der Waals surface area contributed by atoms with E-state index in [1.54, 1.807) is 12.3 Å². The first-order valence-corrected chi connectivity index (χ1v) is 5.36. The van der Waals surface area contributed by atoms with E-state index >= 15 is 0 Å². The third-order valence-corrected chi connectivity index (χ3v) is 2.48. The maximum absolute atomic E-state index is 11.7. The van der Waals surface area contributed by atoms with Crippen molar-refractivity contribution in [3.05, 3.63) is 34.0 Å². The molecule has 2 aromatic rings. The molecular weight excluding hydrogens is 222 g/mol. The lowest BCUT2D eigenvalue weighted by Gasteiger charge is -2.00. The van der Waals surface area contributed by atoms with Crippen molar-refractivity contribution in [1.29, 1.82) is 0 Å². The number of hydrogen-bond acceptors (Lipinski definition) is 3. The minimum absolute atomic E-state index is 0.0954. The molecule has 2 rings (SSSR count). The molecule has 6 heteroatoms. The van der Waals surface area contributed by atoms with Gasteiger partial charge in [-0.2, -0.15) is 5.10 Å². The number of hydrogen-bond donors (Lipinski definition) is 2. The second-order valence-corrected chi connectivity index (χ2v) is 3.97. The minimum Gasteiger partial charge on any atom is -0.481 e. The lowest BCUT2D eigenvalue weighted by Crippen LogP contribution is -2.13. The van der Waals surface area contributed by atoms with E-state index in [9.17, 15) is 9.59 Å². The Morgan fingerprint density at radius 2 is 2.35 bits per heavy atom. The van der Waals surface area contributed by atoms with Crippen LogP contribution < -0.4 is 5.56 Å². The Bertz CT molecular complexity index is 612. The van der Waals surface area contributed by atoms with Crippen LogP contribution in [0.15, 0.2) is 17.1 Å². The molecule has 17 heavy (non-hydrogen) atoms. The molecule has 0 aliphatic heterocycles. The van der Waals surface area contributed by atoms with E-state index < -0.39 is 5.97 Å². The maximum atomic E-state index is 11.7. The van der Waals surface area contributed by atoms with Crippen LogP contribution in [0.5, 0.6) is 0 Å². The molecule has 2 heterocycles. The van der Waals surface area contributed by atoms with E-state index in [0.717, 1.165) is 5.69 Å². The third kappa shape index (κ3) is 2.52. The summed E-state index contributed by atoms with van der Waals surface area (Å²) >= 11 is 0. The molecule has 0 amide bonds. The van der Waals surface area contributed by atoms with Gasteiger partial charge >= 0.3 is 5.97 Å². The molecule has 0 aliphatic carbocycles. The summed E-state index contributed by atoms with van der Waals surface area (Å²) in [6.45, 7) is 1.82. The van der Waals surface area contributed by atoms with E-state index in [0.29, 0.717) is 24.1 Å². The molecule has 6 nitrogen and oxygen atoms in total. The highest BCUT2D eigenvalue weighted by Gasteiger charge is 2.05. The van der Waals surface area contributed by atoms with Gasteiger partial charge in [-0.3, -0.25) is 9.59 Å². The average Bonchev–Trinajstić information content (AvgIpc) is 2.58. The van der Waals surface area contributed by atoms with Gasteiger partial charge in [-0.05, 0) is 25.8 Å². The number of H-pyrrole nitrogens is 1. The summed E-state index contributed by atoms with van der Waals surface area (Å²) in [5, 5.41) is 12.7. The second kappa shape index (κ2) is 4.40. The molecule has 0 spiro atoms. The van der Waals surface area contributed by atoms with Crippen molar-refractivity contribution in [2.24, 2.45) is 0 Å². The van der Waals surface area contributed by atoms with Gasteiger partial charge in [0.15, 0.2) is 0 Å². The molecule has 0 atom stereocenters. The number of aliphatic carboxylic acids is 1. The number of fused-ring (bicyclic) bond motifs is 1. The van der Waals surface area contributed by atoms with Crippen LogP contribution in [0.4, 0.5) is 0 Å². The Kier molecular flexibility index (Phi) is 2.95. The topological polar surface area (TPSA) is 87.5 Å². The van der Waals surface area contributed by atoms with Gasteiger partial charge in [-0.1, -0.05) is 0 Å². The molecule has 0 fully saturated rings. The van der Waals surface area contributed by atoms with Crippen LogP contribution in [-0.2, 0) is 11.2 Å². The van der Waals surface area contributed by atoms with Gasteiger partial charge in [0.05, 0.1) is 5.69 Å². The zero-order valence-corrected chi connectivity index (χ0v) is 9.43. The van der Waals surface area contributed by atoms with E-state index in [-0.39, 0.29) is 12.0 Å². The van der Waals surface area contributed by atoms with E-state index in [4.69, 9.17) is 5.11 Å². The number of aromatic nitrogens is 3. The quantitative estimate of drug-likeness (QED) is 0.818. The first kappa shape index (κ1) is 11.4. The fraction of sp³-hybridized carbons (Fsp3) is 0.364. The Morgan fingerprint density at radius 1 is 1.59 bits per heavy atom. The Balaban J connectivity index is 2.24. The molecular formula is C11H13N3O3. The maximum Gasteiger partial charge on any atom is 0.303 e. The fourth-order valence-corrected chi connectivity index (χ4v) is 1.73. The van der Waals surface area contributed by atoms with Gasteiger partial charge in [-0.15, -0.1) is 0 Å². The van der Waals surface area contributed by atoms with Crippen LogP contribution in [-0.4, -0.2) is 25.7 Å². The van der Waals surface area contributed by atoms with Crippen molar-refractivity contribution >= 4 is 11.5 Å². The normalized spacial score (nSPS) is 10.9. The molecule has 0 bridgehead atoms. The number of carboxylic acid groups (broad SMARTS) is 1. The molecule has 2 N–H and O–H groups in total. The predicted molar refractivity (Wildman–Crippen MR) is 61.1 cm³/mol. The molecule has 90 valence electrons. The van der Waals surface area contributed by atoms with Crippen molar-refractivity contribution in [2.75, 3.05) is 0 Å². The molecule has 0 unspecified atom stereocenters. The van der Waals surface area contributed by atoms with Gasteiger partial charge < -0.3 is 10.1 Å². The van der Waals surface area contributed by atoms with Gasteiger partial charge in [0.2, 0.25) is 0 Å². The standard InChI is InChI=1S/C11H13N3O3/c1-7-5-9-11(17)12-8(6-14(9)13-7)3-2-4-10(15)16/h5-6H,2-4H2,1H3,(H,12,17)(H,15,16). The van der Waals surface area contributed by atoms with Crippen LogP contribution in [0.2, 0.25) is 0 Å². The number of carboxylic acids is 1. The number of nitrogens with zero attached hydrogens (tertiary/aromatic N) is 2. The number of carbonyl (C=O) groups is 1. The summed E-state index contributed by atoms with van der Waals surface area (Å²) < 4.78 is 1.53. The van der Waals surface area contributed by atoms with Gasteiger partial charge in [0, 0.05) is 18.3 Å². The van der Waals surface area contributed by atoms with E-state index in [1.807, 2.05) is 6.92 Å². The highest BCUT2D eigenvalue weighted by atomic mass is 16.4. The number of aromatic amines is 1. The van der Waals surface area contributed by atoms with Gasteiger partial charge in [0.1, 0.15) is 5.52 Å². The Labute approximate surface area is 96.9 Å². The highest BCUT2D eigenvalue weighted by molar-refractivity contribution is 5.66. The van der Waals surface area contributed by atoms with Crippen molar-refractivity contribution in [1.82, 2.24) is 14.6 Å². The molecule has 0 saturated heterocycles. The third-order valence-electron chi connectivity index (χ3n) is 2.48. The Hall–Kier alpha value is -2.11. The minimum atomic E-state index is -0.830. The summed E-state index contributed by atoms with van der Waals surface area (Å²) in [6, 6.07) is 1.71. The second-order valence-electron chi connectivity index (χ2n) is 3.97. The van der Waals surface area contributed by atoms with Gasteiger partial charge in [0.25, 0.3) is 5.56 Å². The van der Waals surface area contributed by atoms with Crippen LogP contribution in [0, 0.1) is 6.92 Å². The average molecular weight is 235 g/mol. The lowest BCUT2D eigenvalue weighted by atomic mass is 10.2. The predicted octanol–water partition coefficient (Wildman–Crippen LogP) is 0.738. The van der Waals surface area contributed by atoms with Crippen LogP contribution in [0.25, 0.3) is 5.52 Å². The molecule has 0 aliphatic rings. The number of rotatable bonds is 4. The molecule has 2 aromatic heterocycles. The van der Waals surface area contributed by atoms with Crippen LogP contribution in [0.3, 0.4) is 0 Å². The molecule has 0 aromatic carbocycles. The lowest BCUT2D eigenvalue weighted by molar-refractivity contribution is -0.137. The first-order valence-electron chi connectivity index (χ1n) is 5.36. The van der Waals surface area contributed by atoms with Crippen molar-refractivity contribution in [2.45, 2.75) is 26.2 Å². The largest absolute Gasteiger partial charge is 0.481 e. The van der Waals surface area contributed by atoms with Crippen LogP contribution in [0.1, 0.15) is 24.2 Å². The smallest absolute Gasteiger partial charge is 0.303 e. The molecule has 0 saturated carbocycles. The molecule has 0 radical (unpaired) electrons. The van der Waals surface area contributed by atoms with Crippen LogP contribution >= 0.6 is 0 Å². The van der Waals surface area contributed by atoms with E-state index in [1.165, 1.54) is 4.52 Å². The summed E-state index contributed by atoms with van der Waals surface area (Å²) in [5.74, 6) is -0.830. The summed E-state index contributed by atoms with van der Waals surface area (Å²) in [6.07, 6.45) is 2.84. The first-order chi connectivity index (χ1) is 8.06. The van der Waals surface area contributed by atoms with Crippen molar-refractivity contribution in [3.63, 3.8) is 0 Å². The summed E-state index contributed by atoms with van der Waals surface area (Å²) in [5.41, 5.74) is 1.79. The summed E-state index contributed by atoms with van der Waals surface area (Å²) in [7, 11) is 0. The fourth-order valence-electron chi connectivity index (χ4n) is 1.73. The number of nitrogens with one attached hydrogen (secondary N) is 1. The van der Waals surface area contributed by atoms with Crippen molar-refractivity contribution < 1.29 is 9.90 Å². The SMILES string of the molecule is Cc1cc2c(=O)[nH]c(CCCC(=O)O)cn2n1. The zero-order valence-electron chi connectivity index (χ0n) is 9.43. The Morgan fingerprint density at radius 3 is 3.06 bits per heavy atom. The van der Waals surface area contributed by atoms with E-state index in [2.05, 4.69) is 10.1 Å².